The number of benzene rings is 5. The molecule has 6 rings (SSSR count). The molecule has 1 amide bonds. The second kappa shape index (κ2) is 19.1. The number of aliphatic carboxylic acids is 1. The molecule has 3 N–H and O–H groups in total. The van der Waals surface area contributed by atoms with Crippen molar-refractivity contribution >= 4 is 11.9 Å². The number of nitrogens with one attached hydrogen (secondary N) is 1. The lowest BCUT2D eigenvalue weighted by Gasteiger charge is -2.38. The van der Waals surface area contributed by atoms with Crippen molar-refractivity contribution in [2.75, 3.05) is 6.54 Å². The van der Waals surface area contributed by atoms with E-state index < -0.39 is 12.3 Å². The van der Waals surface area contributed by atoms with Gasteiger partial charge < -0.3 is 25.0 Å². The van der Waals surface area contributed by atoms with Crippen LogP contribution < -0.4 is 5.32 Å². The topological polar surface area (TPSA) is 108 Å². The number of unbranched alkanes of at least 4 members (excludes halogenated alkanes) is 1. The molecule has 53 heavy (non-hydrogen) atoms. The van der Waals surface area contributed by atoms with Gasteiger partial charge in [0.05, 0.1) is 18.8 Å². The molecular formula is C45H48N2O6. The van der Waals surface area contributed by atoms with Gasteiger partial charge in [-0.05, 0) is 63.9 Å². The molecule has 8 heteroatoms. The van der Waals surface area contributed by atoms with Gasteiger partial charge in [0.25, 0.3) is 0 Å². The van der Waals surface area contributed by atoms with Crippen molar-refractivity contribution in [3.05, 3.63) is 167 Å². The maximum Gasteiger partial charge on any atom is 0.303 e. The molecule has 8 nitrogen and oxygen atoms in total. The number of carbonyl (C=O) groups is 2. The molecule has 1 aliphatic heterocycles. The third-order valence-corrected chi connectivity index (χ3v) is 9.53. The summed E-state index contributed by atoms with van der Waals surface area (Å²) in [7, 11) is 0. The van der Waals surface area contributed by atoms with Gasteiger partial charge in [-0.2, -0.15) is 0 Å². The monoisotopic (exact) mass is 712 g/mol. The first-order chi connectivity index (χ1) is 25.9. The number of aliphatic hydroxyl groups excluding tert-OH is 1. The third kappa shape index (κ3) is 11.4. The van der Waals surface area contributed by atoms with Crippen molar-refractivity contribution in [3.8, 4) is 11.1 Å². The van der Waals surface area contributed by atoms with Gasteiger partial charge >= 0.3 is 5.97 Å². The first-order valence-electron chi connectivity index (χ1n) is 18.4. The lowest BCUT2D eigenvalue weighted by molar-refractivity contribution is -0.253. The van der Waals surface area contributed by atoms with Crippen LogP contribution in [-0.2, 0) is 45.3 Å². The van der Waals surface area contributed by atoms with Crippen molar-refractivity contribution in [3.63, 3.8) is 0 Å². The number of hydrogen-bond donors (Lipinski definition) is 3. The molecule has 0 aromatic heterocycles. The van der Waals surface area contributed by atoms with Crippen molar-refractivity contribution in [1.29, 1.82) is 0 Å². The van der Waals surface area contributed by atoms with Gasteiger partial charge in [0, 0.05) is 51.0 Å². The molecule has 3 atom stereocenters. The van der Waals surface area contributed by atoms with Crippen LogP contribution in [0.1, 0.15) is 77.9 Å². The van der Waals surface area contributed by atoms with E-state index in [1.165, 1.54) is 11.1 Å². The molecule has 274 valence electrons. The maximum absolute atomic E-state index is 12.4. The Kier molecular flexibility index (Phi) is 13.6. The summed E-state index contributed by atoms with van der Waals surface area (Å²) in [5, 5.41) is 21.5. The zero-order valence-electron chi connectivity index (χ0n) is 30.0. The average molecular weight is 713 g/mol. The minimum atomic E-state index is -0.842. The second-order valence-corrected chi connectivity index (χ2v) is 13.7. The van der Waals surface area contributed by atoms with Gasteiger partial charge in [0.2, 0.25) is 5.91 Å². The number of nitrogens with zero attached hydrogens (tertiary/aromatic N) is 1. The van der Waals surface area contributed by atoms with Crippen LogP contribution in [0, 0.1) is 0 Å². The molecule has 0 radical (unpaired) electrons. The van der Waals surface area contributed by atoms with E-state index in [1.807, 2.05) is 60.7 Å². The van der Waals surface area contributed by atoms with Gasteiger partial charge in [-0.1, -0.05) is 121 Å². The van der Waals surface area contributed by atoms with Crippen LogP contribution in [0.15, 0.2) is 133 Å². The minimum Gasteiger partial charge on any atom is -0.481 e. The molecule has 0 unspecified atom stereocenters. The summed E-state index contributed by atoms with van der Waals surface area (Å²) < 4.78 is 13.6. The Balaban J connectivity index is 1.20. The fourth-order valence-electron chi connectivity index (χ4n) is 6.77. The third-order valence-electron chi connectivity index (χ3n) is 9.53. The van der Waals surface area contributed by atoms with Crippen molar-refractivity contribution < 1.29 is 29.3 Å². The van der Waals surface area contributed by atoms with E-state index in [0.29, 0.717) is 38.8 Å². The summed E-state index contributed by atoms with van der Waals surface area (Å²) in [5.41, 5.74) is 8.31. The van der Waals surface area contributed by atoms with Crippen LogP contribution in [0.5, 0.6) is 0 Å². The molecular weight excluding hydrogens is 665 g/mol. The predicted molar refractivity (Wildman–Crippen MR) is 205 cm³/mol. The first kappa shape index (κ1) is 37.6. The fourth-order valence-corrected chi connectivity index (χ4v) is 6.77. The summed E-state index contributed by atoms with van der Waals surface area (Å²) in [6.07, 6.45) is 1.16. The molecule has 0 saturated carbocycles. The van der Waals surface area contributed by atoms with Crippen molar-refractivity contribution in [1.82, 2.24) is 10.2 Å². The van der Waals surface area contributed by atoms with Gasteiger partial charge in [-0.25, -0.2) is 0 Å². The van der Waals surface area contributed by atoms with E-state index in [4.69, 9.17) is 14.6 Å². The van der Waals surface area contributed by atoms with Crippen LogP contribution in [0.2, 0.25) is 0 Å². The number of carboxylic acid groups (broad SMARTS) is 1. The van der Waals surface area contributed by atoms with Crippen LogP contribution in [0.4, 0.5) is 0 Å². The Morgan fingerprint density at radius 3 is 1.94 bits per heavy atom. The van der Waals surface area contributed by atoms with E-state index >= 15 is 0 Å². The quantitative estimate of drug-likeness (QED) is 0.0832. The van der Waals surface area contributed by atoms with E-state index in [-0.39, 0.29) is 31.1 Å². The Labute approximate surface area is 312 Å². The standard InChI is InChI=1S/C45H48N2O6/c48-32-35-21-23-37(24-22-35)42-27-41(31-47(29-33-11-3-1-4-12-33)30-34-13-5-2-6-14-34)52-45(53-42)40-18-10-17-39(26-40)38-16-9-15-36(25-38)28-46-43(49)19-7-8-20-44(50)51/h1-6,9-18,21-26,41-42,45,48H,7-8,19-20,27-32H2,(H,46,49)(H,50,51)/t41-,42+,45+/m1/s1. The summed E-state index contributed by atoms with van der Waals surface area (Å²) in [6.45, 7) is 2.66. The van der Waals surface area contributed by atoms with Gasteiger partial charge in [-0.3, -0.25) is 14.5 Å². The predicted octanol–water partition coefficient (Wildman–Crippen LogP) is 8.35. The molecule has 0 bridgehead atoms. The lowest BCUT2D eigenvalue weighted by atomic mass is 9.98. The average Bonchev–Trinajstić information content (AvgIpc) is 3.19. The molecule has 0 aliphatic carbocycles. The number of ether oxygens (including phenoxy) is 2. The normalized spacial score (nSPS) is 17.1. The molecule has 0 spiro atoms. The Morgan fingerprint density at radius 1 is 0.660 bits per heavy atom. The molecule has 5 aromatic carbocycles. The molecule has 1 aliphatic rings. The van der Waals surface area contributed by atoms with Crippen LogP contribution in [0.25, 0.3) is 11.1 Å². The summed E-state index contributed by atoms with van der Waals surface area (Å²) in [5.74, 6) is -0.930. The smallest absolute Gasteiger partial charge is 0.303 e. The van der Waals surface area contributed by atoms with Crippen molar-refractivity contribution in [2.24, 2.45) is 0 Å². The molecule has 1 heterocycles. The van der Waals surface area contributed by atoms with Gasteiger partial charge in [0.15, 0.2) is 6.29 Å². The number of carbonyl (C=O) groups excluding carboxylic acids is 1. The van der Waals surface area contributed by atoms with Crippen LogP contribution in [0.3, 0.4) is 0 Å². The van der Waals surface area contributed by atoms with Crippen LogP contribution in [-0.4, -0.2) is 39.6 Å². The van der Waals surface area contributed by atoms with E-state index in [9.17, 15) is 14.7 Å². The van der Waals surface area contributed by atoms with E-state index in [0.717, 1.165) is 46.5 Å². The number of aliphatic hydroxyl groups is 1. The van der Waals surface area contributed by atoms with E-state index in [1.54, 1.807) is 0 Å². The highest BCUT2D eigenvalue weighted by molar-refractivity contribution is 5.76. The Morgan fingerprint density at radius 2 is 1.28 bits per heavy atom. The molecule has 1 fully saturated rings. The zero-order valence-corrected chi connectivity index (χ0v) is 30.0. The summed E-state index contributed by atoms with van der Waals surface area (Å²) in [6, 6.07) is 45.4. The summed E-state index contributed by atoms with van der Waals surface area (Å²) in [4.78, 5) is 25.6. The lowest BCUT2D eigenvalue weighted by Crippen LogP contribution is -2.39. The minimum absolute atomic E-state index is 0.0109. The van der Waals surface area contributed by atoms with Gasteiger partial charge in [-0.15, -0.1) is 0 Å². The van der Waals surface area contributed by atoms with Gasteiger partial charge in [0.1, 0.15) is 0 Å². The van der Waals surface area contributed by atoms with Crippen molar-refractivity contribution in [2.45, 2.75) is 76.8 Å². The number of hydrogen-bond acceptors (Lipinski definition) is 6. The number of rotatable bonds is 17. The molecule has 5 aromatic rings. The first-order valence-corrected chi connectivity index (χ1v) is 18.4. The Hall–Kier alpha value is -5.12. The number of amides is 1. The maximum atomic E-state index is 12.4. The Bertz CT molecular complexity index is 1860. The second-order valence-electron chi connectivity index (χ2n) is 13.7. The summed E-state index contributed by atoms with van der Waals surface area (Å²) >= 11 is 0. The fraction of sp³-hybridized carbons (Fsp3) is 0.289. The molecule has 1 saturated heterocycles. The SMILES string of the molecule is O=C(O)CCCCC(=O)NCc1cccc(-c2cccc([C@H]3O[C@@H](CN(Cc4ccccc4)Cc4ccccc4)C[C@@H](c4ccc(CO)cc4)O3)c2)c1. The van der Waals surface area contributed by atoms with Crippen LogP contribution >= 0.6 is 0 Å². The highest BCUT2D eigenvalue weighted by Crippen LogP contribution is 2.39. The zero-order chi connectivity index (χ0) is 36.8. The van der Waals surface area contributed by atoms with E-state index in [2.05, 4.69) is 83.0 Å². The number of carboxylic acids is 1. The highest BCUT2D eigenvalue weighted by atomic mass is 16.7. The largest absolute Gasteiger partial charge is 0.481 e. The highest BCUT2D eigenvalue weighted by Gasteiger charge is 2.33.